The van der Waals surface area contributed by atoms with Crippen molar-refractivity contribution in [2.45, 2.75) is 25.3 Å². The summed E-state index contributed by atoms with van der Waals surface area (Å²) in [4.78, 5) is 12.4. The van der Waals surface area contributed by atoms with Gasteiger partial charge in [0.25, 0.3) is 15.9 Å². The molecule has 3 rings (SSSR count). The maximum absolute atomic E-state index is 13.0. The van der Waals surface area contributed by atoms with Crippen molar-refractivity contribution in [1.82, 2.24) is 5.32 Å². The maximum Gasteiger partial charge on any atom is 0.263 e. The summed E-state index contributed by atoms with van der Waals surface area (Å²) in [5.41, 5.74) is 3.02. The molecule has 31 heavy (non-hydrogen) atoms. The van der Waals surface area contributed by atoms with Gasteiger partial charge in [0.05, 0.1) is 10.7 Å². The first-order valence-corrected chi connectivity index (χ1v) is 11.8. The van der Waals surface area contributed by atoms with Gasteiger partial charge < -0.3 is 5.32 Å². The Balaban J connectivity index is 1.83. The Morgan fingerprint density at radius 2 is 1.68 bits per heavy atom. The molecule has 3 aromatic carbocycles. The third-order valence-corrected chi connectivity index (χ3v) is 7.22. The van der Waals surface area contributed by atoms with Gasteiger partial charge >= 0.3 is 0 Å². The van der Waals surface area contributed by atoms with Crippen LogP contribution in [0.15, 0.2) is 59.5 Å². The average molecular weight is 498 g/mol. The Morgan fingerprint density at radius 1 is 0.935 bits per heavy atom. The standard InChI is InChI=1S/C22H19Cl3N2O3S/c1-13-4-3-5-20(14(13)2)27-31(29,30)21-10-15(7-9-18(21)24)22(28)26-12-16-6-8-17(23)11-19(16)25/h3-11,27H,12H2,1-2H3,(H,26,28). The fourth-order valence-corrected chi connectivity index (χ4v) is 4.98. The van der Waals surface area contributed by atoms with Crippen molar-refractivity contribution in [2.75, 3.05) is 4.72 Å². The Hall–Kier alpha value is -2.25. The van der Waals surface area contributed by atoms with Gasteiger partial charge in [0.1, 0.15) is 4.90 Å². The lowest BCUT2D eigenvalue weighted by atomic mass is 10.1. The number of carbonyl (C=O) groups excluding carboxylic acids is 1. The van der Waals surface area contributed by atoms with Crippen LogP contribution in [0.1, 0.15) is 27.0 Å². The minimum absolute atomic E-state index is 0.00935. The van der Waals surface area contributed by atoms with Crippen LogP contribution in [0.25, 0.3) is 0 Å². The number of halogens is 3. The Kier molecular flexibility index (Phi) is 7.17. The lowest BCUT2D eigenvalue weighted by Gasteiger charge is -2.14. The summed E-state index contributed by atoms with van der Waals surface area (Å²) in [5.74, 6) is -0.467. The van der Waals surface area contributed by atoms with E-state index in [4.69, 9.17) is 34.8 Å². The second-order valence-corrected chi connectivity index (χ2v) is 9.82. The fraction of sp³-hybridized carbons (Fsp3) is 0.136. The third-order valence-electron chi connectivity index (χ3n) is 4.79. The molecule has 0 aliphatic heterocycles. The van der Waals surface area contributed by atoms with Crippen LogP contribution >= 0.6 is 34.8 Å². The van der Waals surface area contributed by atoms with E-state index in [1.807, 2.05) is 19.9 Å². The molecule has 0 heterocycles. The summed E-state index contributed by atoms with van der Waals surface area (Å²) in [6, 6.07) is 14.3. The molecule has 162 valence electrons. The van der Waals surface area contributed by atoms with Gasteiger partial charge in [-0.3, -0.25) is 9.52 Å². The van der Waals surface area contributed by atoms with Gasteiger partial charge in [-0.05, 0) is 66.9 Å². The summed E-state index contributed by atoms with van der Waals surface area (Å²) in [6.45, 7) is 3.86. The number of aryl methyl sites for hydroxylation is 1. The molecule has 0 aromatic heterocycles. The second kappa shape index (κ2) is 9.49. The molecule has 0 saturated heterocycles. The largest absolute Gasteiger partial charge is 0.348 e. The zero-order valence-corrected chi connectivity index (χ0v) is 19.8. The van der Waals surface area contributed by atoms with E-state index in [0.717, 1.165) is 11.1 Å². The van der Waals surface area contributed by atoms with Crippen LogP contribution in [-0.2, 0) is 16.6 Å². The Labute approximate surface area is 196 Å². The van der Waals surface area contributed by atoms with Gasteiger partial charge in [-0.1, -0.05) is 53.0 Å². The quantitative estimate of drug-likeness (QED) is 0.439. The number of hydrogen-bond donors (Lipinski definition) is 2. The fourth-order valence-electron chi connectivity index (χ4n) is 2.85. The van der Waals surface area contributed by atoms with Crippen LogP contribution in [0.2, 0.25) is 15.1 Å². The summed E-state index contributed by atoms with van der Waals surface area (Å²) in [6.07, 6.45) is 0. The molecule has 0 aliphatic rings. The second-order valence-electron chi connectivity index (χ2n) is 6.92. The van der Waals surface area contributed by atoms with Crippen LogP contribution in [-0.4, -0.2) is 14.3 Å². The van der Waals surface area contributed by atoms with Crippen molar-refractivity contribution < 1.29 is 13.2 Å². The van der Waals surface area contributed by atoms with E-state index in [1.54, 1.807) is 30.3 Å². The van der Waals surface area contributed by atoms with Crippen LogP contribution in [0.4, 0.5) is 5.69 Å². The molecular formula is C22H19Cl3N2O3S. The summed E-state index contributed by atoms with van der Waals surface area (Å²) in [5, 5.41) is 3.64. The van der Waals surface area contributed by atoms with E-state index in [9.17, 15) is 13.2 Å². The number of carbonyl (C=O) groups is 1. The summed E-state index contributed by atoms with van der Waals surface area (Å²) in [7, 11) is -4.02. The van der Waals surface area contributed by atoms with Crippen LogP contribution in [0.3, 0.4) is 0 Å². The van der Waals surface area contributed by atoms with Gasteiger partial charge in [-0.25, -0.2) is 8.42 Å². The number of anilines is 1. The predicted octanol–water partition coefficient (Wildman–Crippen LogP) is 5.99. The average Bonchev–Trinajstić information content (AvgIpc) is 2.70. The van der Waals surface area contributed by atoms with Gasteiger partial charge in [0, 0.05) is 22.2 Å². The lowest BCUT2D eigenvalue weighted by molar-refractivity contribution is 0.0950. The van der Waals surface area contributed by atoms with Crippen molar-refractivity contribution in [1.29, 1.82) is 0 Å². The predicted molar refractivity (Wildman–Crippen MR) is 126 cm³/mol. The molecule has 0 aliphatic carbocycles. The molecule has 0 spiro atoms. The molecule has 3 aromatic rings. The van der Waals surface area contributed by atoms with Gasteiger partial charge in [-0.2, -0.15) is 0 Å². The minimum atomic E-state index is -4.02. The van der Waals surface area contributed by atoms with E-state index in [-0.39, 0.29) is 22.0 Å². The van der Waals surface area contributed by atoms with E-state index in [0.29, 0.717) is 21.3 Å². The molecule has 9 heteroatoms. The molecule has 0 radical (unpaired) electrons. The highest BCUT2D eigenvalue weighted by Gasteiger charge is 2.21. The van der Waals surface area contributed by atoms with Crippen molar-refractivity contribution in [2.24, 2.45) is 0 Å². The number of benzene rings is 3. The third kappa shape index (κ3) is 5.52. The van der Waals surface area contributed by atoms with Crippen LogP contribution in [0, 0.1) is 13.8 Å². The number of sulfonamides is 1. The highest BCUT2D eigenvalue weighted by atomic mass is 35.5. The molecule has 0 unspecified atom stereocenters. The van der Waals surface area contributed by atoms with E-state index in [2.05, 4.69) is 10.0 Å². The molecular weight excluding hydrogens is 479 g/mol. The number of hydrogen-bond acceptors (Lipinski definition) is 3. The first-order valence-electron chi connectivity index (χ1n) is 9.19. The van der Waals surface area contributed by atoms with Crippen molar-refractivity contribution in [3.8, 4) is 0 Å². The monoisotopic (exact) mass is 496 g/mol. The lowest BCUT2D eigenvalue weighted by Crippen LogP contribution is -2.23. The summed E-state index contributed by atoms with van der Waals surface area (Å²) < 4.78 is 28.5. The highest BCUT2D eigenvalue weighted by molar-refractivity contribution is 7.92. The first-order chi connectivity index (χ1) is 14.6. The maximum atomic E-state index is 13.0. The van der Waals surface area contributed by atoms with E-state index >= 15 is 0 Å². The topological polar surface area (TPSA) is 75.3 Å². The molecule has 1 amide bonds. The molecule has 0 fully saturated rings. The molecule has 2 N–H and O–H groups in total. The smallest absolute Gasteiger partial charge is 0.263 e. The first kappa shape index (κ1) is 23.4. The van der Waals surface area contributed by atoms with E-state index in [1.165, 1.54) is 18.2 Å². The molecule has 0 saturated carbocycles. The van der Waals surface area contributed by atoms with Gasteiger partial charge in [0.15, 0.2) is 0 Å². The number of amides is 1. The normalized spacial score (nSPS) is 11.3. The molecule has 0 atom stereocenters. The zero-order valence-electron chi connectivity index (χ0n) is 16.7. The number of nitrogens with one attached hydrogen (secondary N) is 2. The van der Waals surface area contributed by atoms with Crippen LogP contribution in [0.5, 0.6) is 0 Å². The Bertz CT molecular complexity index is 1260. The SMILES string of the molecule is Cc1cccc(NS(=O)(=O)c2cc(C(=O)NCc3ccc(Cl)cc3Cl)ccc2Cl)c1C. The Morgan fingerprint density at radius 3 is 2.39 bits per heavy atom. The van der Waals surface area contributed by atoms with E-state index < -0.39 is 15.9 Å². The summed E-state index contributed by atoms with van der Waals surface area (Å²) >= 11 is 18.2. The zero-order chi connectivity index (χ0) is 22.8. The van der Waals surface area contributed by atoms with Gasteiger partial charge in [0.2, 0.25) is 0 Å². The molecule has 5 nitrogen and oxygen atoms in total. The number of rotatable bonds is 6. The minimum Gasteiger partial charge on any atom is -0.348 e. The molecule has 0 bridgehead atoms. The van der Waals surface area contributed by atoms with Crippen LogP contribution < -0.4 is 10.0 Å². The van der Waals surface area contributed by atoms with Crippen molar-refractivity contribution in [3.05, 3.63) is 91.9 Å². The highest BCUT2D eigenvalue weighted by Crippen LogP contribution is 2.27. The van der Waals surface area contributed by atoms with Crippen molar-refractivity contribution >= 4 is 56.4 Å². The van der Waals surface area contributed by atoms with Crippen molar-refractivity contribution in [3.63, 3.8) is 0 Å². The van der Waals surface area contributed by atoms with Gasteiger partial charge in [-0.15, -0.1) is 0 Å².